The first-order valence-electron chi connectivity index (χ1n) is 4.96. The zero-order valence-electron chi connectivity index (χ0n) is 9.43. The van der Waals surface area contributed by atoms with Gasteiger partial charge in [0.2, 0.25) is 0 Å². The van der Waals surface area contributed by atoms with Gasteiger partial charge in [0, 0.05) is 25.5 Å². The van der Waals surface area contributed by atoms with E-state index < -0.39 is 11.6 Å². The van der Waals surface area contributed by atoms with Gasteiger partial charge in [-0.15, -0.1) is 0 Å². The molecule has 5 nitrogen and oxygen atoms in total. The molecule has 0 bridgehead atoms. The van der Waals surface area contributed by atoms with E-state index in [1.54, 1.807) is 12.4 Å². The van der Waals surface area contributed by atoms with Gasteiger partial charge in [0.15, 0.2) is 5.60 Å². The number of nitrogens with one attached hydrogen (secondary N) is 1. The summed E-state index contributed by atoms with van der Waals surface area (Å²) in [7, 11) is 1.25. The van der Waals surface area contributed by atoms with E-state index in [0.29, 0.717) is 6.54 Å². The molecule has 1 unspecified atom stereocenters. The predicted molar refractivity (Wildman–Crippen MR) is 58.6 cm³/mol. The summed E-state index contributed by atoms with van der Waals surface area (Å²) in [6.45, 7) is 2.09. The molecule has 1 atom stereocenters. The van der Waals surface area contributed by atoms with Gasteiger partial charge >= 0.3 is 5.97 Å². The summed E-state index contributed by atoms with van der Waals surface area (Å²) in [5.74, 6) is -0.647. The molecule has 1 aromatic heterocycles. The van der Waals surface area contributed by atoms with E-state index in [-0.39, 0.29) is 6.54 Å². The Balaban J connectivity index is 2.38. The standard InChI is InChI=1S/C11H16N2O3/c1-11(15,10(14)16-2)8-13-7-9-4-3-5-12-6-9/h3-6,13,15H,7-8H2,1-2H3. The monoisotopic (exact) mass is 224 g/mol. The lowest BCUT2D eigenvalue weighted by Crippen LogP contribution is -2.45. The van der Waals surface area contributed by atoms with Crippen molar-refractivity contribution in [3.05, 3.63) is 30.1 Å². The third-order valence-electron chi connectivity index (χ3n) is 2.15. The van der Waals surface area contributed by atoms with Gasteiger partial charge in [-0.25, -0.2) is 4.79 Å². The minimum atomic E-state index is -1.50. The van der Waals surface area contributed by atoms with Gasteiger partial charge in [-0.3, -0.25) is 4.98 Å². The SMILES string of the molecule is COC(=O)C(C)(O)CNCc1cccnc1. The number of aromatic nitrogens is 1. The van der Waals surface area contributed by atoms with E-state index in [1.807, 2.05) is 12.1 Å². The Morgan fingerprint density at radius 1 is 1.69 bits per heavy atom. The summed E-state index contributed by atoms with van der Waals surface area (Å²) in [5, 5.41) is 12.7. The molecule has 88 valence electrons. The zero-order chi connectivity index (χ0) is 12.0. The highest BCUT2D eigenvalue weighted by atomic mass is 16.5. The third kappa shape index (κ3) is 3.60. The van der Waals surface area contributed by atoms with Gasteiger partial charge in [-0.05, 0) is 18.6 Å². The second-order valence-corrected chi connectivity index (χ2v) is 3.73. The molecule has 0 aromatic carbocycles. The van der Waals surface area contributed by atoms with Crippen molar-refractivity contribution < 1.29 is 14.6 Å². The van der Waals surface area contributed by atoms with Crippen LogP contribution in [-0.2, 0) is 16.1 Å². The number of esters is 1. The molecule has 0 radical (unpaired) electrons. The Morgan fingerprint density at radius 2 is 2.44 bits per heavy atom. The molecule has 0 saturated heterocycles. The number of carbonyl (C=O) groups is 1. The molecular weight excluding hydrogens is 208 g/mol. The molecule has 16 heavy (non-hydrogen) atoms. The van der Waals surface area contributed by atoms with Crippen LogP contribution in [0.3, 0.4) is 0 Å². The number of methoxy groups -OCH3 is 1. The van der Waals surface area contributed by atoms with E-state index in [1.165, 1.54) is 14.0 Å². The van der Waals surface area contributed by atoms with Crippen molar-refractivity contribution in [2.75, 3.05) is 13.7 Å². The van der Waals surface area contributed by atoms with Gasteiger partial charge < -0.3 is 15.2 Å². The van der Waals surface area contributed by atoms with Crippen molar-refractivity contribution >= 4 is 5.97 Å². The highest BCUT2D eigenvalue weighted by molar-refractivity contribution is 5.78. The number of hydrogen-bond acceptors (Lipinski definition) is 5. The van der Waals surface area contributed by atoms with Crippen LogP contribution in [-0.4, -0.2) is 35.3 Å². The number of pyridine rings is 1. The van der Waals surface area contributed by atoms with E-state index in [4.69, 9.17) is 0 Å². The molecule has 5 heteroatoms. The van der Waals surface area contributed by atoms with Gasteiger partial charge in [-0.2, -0.15) is 0 Å². The van der Waals surface area contributed by atoms with Crippen molar-refractivity contribution in [3.63, 3.8) is 0 Å². The molecule has 2 N–H and O–H groups in total. The van der Waals surface area contributed by atoms with Gasteiger partial charge in [-0.1, -0.05) is 6.07 Å². The number of carbonyl (C=O) groups excluding carboxylic acids is 1. The number of ether oxygens (including phenoxy) is 1. The van der Waals surface area contributed by atoms with Crippen LogP contribution in [0.5, 0.6) is 0 Å². The molecule has 0 saturated carbocycles. The Bertz CT molecular complexity index is 338. The lowest BCUT2D eigenvalue weighted by Gasteiger charge is -2.20. The van der Waals surface area contributed by atoms with Crippen LogP contribution in [0.4, 0.5) is 0 Å². The van der Waals surface area contributed by atoms with Crippen molar-refractivity contribution in [2.45, 2.75) is 19.1 Å². The molecule has 0 aliphatic heterocycles. The van der Waals surface area contributed by atoms with E-state index >= 15 is 0 Å². The van der Waals surface area contributed by atoms with Gasteiger partial charge in [0.25, 0.3) is 0 Å². The summed E-state index contributed by atoms with van der Waals surface area (Å²) in [6, 6.07) is 3.74. The Hall–Kier alpha value is -1.46. The van der Waals surface area contributed by atoms with Crippen LogP contribution in [0.25, 0.3) is 0 Å². The molecule has 0 aliphatic rings. The maximum atomic E-state index is 11.2. The highest BCUT2D eigenvalue weighted by Crippen LogP contribution is 2.04. The topological polar surface area (TPSA) is 71.5 Å². The van der Waals surface area contributed by atoms with Crippen molar-refractivity contribution in [1.29, 1.82) is 0 Å². The number of nitrogens with zero attached hydrogens (tertiary/aromatic N) is 1. The molecule has 0 spiro atoms. The fourth-order valence-electron chi connectivity index (χ4n) is 1.24. The first kappa shape index (κ1) is 12.6. The molecule has 0 fully saturated rings. The van der Waals surface area contributed by atoms with Crippen LogP contribution in [0.2, 0.25) is 0 Å². The van der Waals surface area contributed by atoms with E-state index in [0.717, 1.165) is 5.56 Å². The highest BCUT2D eigenvalue weighted by Gasteiger charge is 2.30. The van der Waals surface area contributed by atoms with Gasteiger partial charge in [0.1, 0.15) is 0 Å². The van der Waals surface area contributed by atoms with Crippen molar-refractivity contribution in [2.24, 2.45) is 0 Å². The summed E-state index contributed by atoms with van der Waals surface area (Å²) in [6.07, 6.45) is 3.41. The smallest absolute Gasteiger partial charge is 0.338 e. The second kappa shape index (κ2) is 5.58. The number of hydrogen-bond donors (Lipinski definition) is 2. The molecule has 1 aromatic rings. The van der Waals surface area contributed by atoms with Crippen LogP contribution in [0.15, 0.2) is 24.5 Å². The fourth-order valence-corrected chi connectivity index (χ4v) is 1.24. The fraction of sp³-hybridized carbons (Fsp3) is 0.455. The van der Waals surface area contributed by atoms with Gasteiger partial charge in [0.05, 0.1) is 7.11 Å². The van der Waals surface area contributed by atoms with E-state index in [9.17, 15) is 9.90 Å². The third-order valence-corrected chi connectivity index (χ3v) is 2.15. The molecular formula is C11H16N2O3. The summed E-state index contributed by atoms with van der Waals surface area (Å²) in [5.41, 5.74) is -0.514. The molecule has 0 amide bonds. The minimum absolute atomic E-state index is 0.133. The average molecular weight is 224 g/mol. The number of aliphatic hydroxyl groups is 1. The quantitative estimate of drug-likeness (QED) is 0.694. The van der Waals surface area contributed by atoms with Crippen molar-refractivity contribution in [1.82, 2.24) is 10.3 Å². The van der Waals surface area contributed by atoms with Crippen LogP contribution < -0.4 is 5.32 Å². The van der Waals surface area contributed by atoms with Crippen LogP contribution in [0, 0.1) is 0 Å². The number of rotatable bonds is 5. The Kier molecular flexibility index (Phi) is 4.39. The molecule has 1 rings (SSSR count). The lowest BCUT2D eigenvalue weighted by atomic mass is 10.1. The maximum Gasteiger partial charge on any atom is 0.338 e. The Morgan fingerprint density at radius 3 is 3.00 bits per heavy atom. The summed E-state index contributed by atoms with van der Waals surface area (Å²) in [4.78, 5) is 15.1. The molecule has 1 heterocycles. The van der Waals surface area contributed by atoms with Crippen LogP contribution >= 0.6 is 0 Å². The van der Waals surface area contributed by atoms with Crippen molar-refractivity contribution in [3.8, 4) is 0 Å². The predicted octanol–water partition coefficient (Wildman–Crippen LogP) is 0.0952. The van der Waals surface area contributed by atoms with E-state index in [2.05, 4.69) is 15.0 Å². The lowest BCUT2D eigenvalue weighted by molar-refractivity contribution is -0.159. The maximum absolute atomic E-state index is 11.2. The second-order valence-electron chi connectivity index (χ2n) is 3.73. The largest absolute Gasteiger partial charge is 0.467 e. The molecule has 0 aliphatic carbocycles. The normalized spacial score (nSPS) is 14.2. The first-order chi connectivity index (χ1) is 7.56. The van der Waals surface area contributed by atoms with Crippen LogP contribution in [0.1, 0.15) is 12.5 Å². The first-order valence-corrected chi connectivity index (χ1v) is 4.96. The minimum Gasteiger partial charge on any atom is -0.467 e. The average Bonchev–Trinajstić information content (AvgIpc) is 2.29. The summed E-state index contributed by atoms with van der Waals surface area (Å²) < 4.78 is 4.48. The Labute approximate surface area is 94.5 Å². The summed E-state index contributed by atoms with van der Waals surface area (Å²) >= 11 is 0. The zero-order valence-corrected chi connectivity index (χ0v) is 9.43.